The minimum absolute atomic E-state index is 0.143. The molecule has 6 nitrogen and oxygen atoms in total. The first-order valence-electron chi connectivity index (χ1n) is 8.43. The molecule has 0 saturated carbocycles. The molecular weight excluding hydrogens is 316 g/mol. The topological polar surface area (TPSA) is 75.8 Å². The Labute approximate surface area is 144 Å². The van der Waals surface area contributed by atoms with E-state index in [1.807, 2.05) is 48.5 Å². The van der Waals surface area contributed by atoms with Gasteiger partial charge in [-0.3, -0.25) is 4.57 Å². The summed E-state index contributed by atoms with van der Waals surface area (Å²) in [6.07, 6.45) is 0.251. The number of fused-ring (bicyclic) bond motifs is 2. The molecule has 1 atom stereocenters. The van der Waals surface area contributed by atoms with Crippen molar-refractivity contribution in [2.45, 2.75) is 32.5 Å². The molecule has 0 amide bonds. The zero-order chi connectivity index (χ0) is 17.4. The minimum Gasteiger partial charge on any atom is -0.393 e. The van der Waals surface area contributed by atoms with Gasteiger partial charge in [-0.2, -0.15) is 0 Å². The van der Waals surface area contributed by atoms with Gasteiger partial charge in [-0.25, -0.2) is 9.78 Å². The summed E-state index contributed by atoms with van der Waals surface area (Å²) in [7, 11) is 0. The van der Waals surface area contributed by atoms with Crippen molar-refractivity contribution in [3.8, 4) is 0 Å². The summed E-state index contributed by atoms with van der Waals surface area (Å²) in [5.74, 6) is 0.814. The number of hydrogen-bond donors (Lipinski definition) is 2. The normalized spacial score (nSPS) is 12.9. The number of aromatic amines is 1. The lowest BCUT2D eigenvalue weighted by atomic mass is 10.2. The van der Waals surface area contributed by atoms with Crippen LogP contribution in [0.1, 0.15) is 19.2 Å². The van der Waals surface area contributed by atoms with Crippen molar-refractivity contribution in [1.82, 2.24) is 19.1 Å². The molecule has 1 unspecified atom stereocenters. The maximum Gasteiger partial charge on any atom is 0.326 e. The molecule has 0 spiro atoms. The second-order valence-electron chi connectivity index (χ2n) is 6.34. The Balaban J connectivity index is 1.81. The van der Waals surface area contributed by atoms with Crippen LogP contribution in [0.25, 0.3) is 22.1 Å². The molecule has 2 aromatic carbocycles. The number of H-pyrrole nitrogens is 1. The Morgan fingerprint density at radius 3 is 2.60 bits per heavy atom. The van der Waals surface area contributed by atoms with Crippen LogP contribution < -0.4 is 5.69 Å². The zero-order valence-corrected chi connectivity index (χ0v) is 14.0. The number of aryl methyl sites for hydroxylation is 1. The second-order valence-corrected chi connectivity index (χ2v) is 6.34. The predicted octanol–water partition coefficient (Wildman–Crippen LogP) is 2.50. The lowest BCUT2D eigenvalue weighted by Crippen LogP contribution is -2.20. The van der Waals surface area contributed by atoms with Crippen molar-refractivity contribution < 1.29 is 5.11 Å². The Hall–Kier alpha value is -2.86. The smallest absolute Gasteiger partial charge is 0.326 e. The number of hydrogen-bond acceptors (Lipinski definition) is 3. The lowest BCUT2D eigenvalue weighted by molar-refractivity contribution is 0.178. The number of imidazole rings is 2. The maximum absolute atomic E-state index is 12.4. The molecule has 0 bridgehead atoms. The highest BCUT2D eigenvalue weighted by Crippen LogP contribution is 2.19. The summed E-state index contributed by atoms with van der Waals surface area (Å²) < 4.78 is 3.80. The van der Waals surface area contributed by atoms with Crippen LogP contribution in [0.4, 0.5) is 0 Å². The number of aliphatic hydroxyl groups excluding tert-OH is 1. The number of aliphatic hydroxyl groups is 1. The Bertz CT molecular complexity index is 1090. The van der Waals surface area contributed by atoms with Crippen molar-refractivity contribution >= 4 is 22.1 Å². The van der Waals surface area contributed by atoms with Gasteiger partial charge in [0.05, 0.1) is 34.7 Å². The molecule has 0 radical (unpaired) electrons. The fourth-order valence-electron chi connectivity index (χ4n) is 3.22. The molecule has 0 aliphatic rings. The van der Waals surface area contributed by atoms with Crippen molar-refractivity contribution in [3.05, 3.63) is 64.8 Å². The van der Waals surface area contributed by atoms with Crippen LogP contribution in [0.5, 0.6) is 0 Å². The number of rotatable bonds is 5. The number of aromatic nitrogens is 4. The van der Waals surface area contributed by atoms with E-state index in [1.165, 1.54) is 0 Å². The first-order chi connectivity index (χ1) is 12.1. The molecule has 128 valence electrons. The van der Waals surface area contributed by atoms with E-state index < -0.39 is 0 Å². The summed E-state index contributed by atoms with van der Waals surface area (Å²) in [6.45, 7) is 2.82. The molecule has 2 N–H and O–H groups in total. The van der Waals surface area contributed by atoms with Gasteiger partial charge in [-0.05, 0) is 37.6 Å². The van der Waals surface area contributed by atoms with Gasteiger partial charge in [0.15, 0.2) is 0 Å². The SMILES string of the molecule is CC(O)CCn1c(Cn2c(=O)[nH]c3ccccc32)nc2ccccc21. The number of nitrogens with one attached hydrogen (secondary N) is 1. The number of nitrogens with zero attached hydrogens (tertiary/aromatic N) is 3. The Kier molecular flexibility index (Phi) is 3.89. The van der Waals surface area contributed by atoms with Gasteiger partial charge < -0.3 is 14.7 Å². The molecule has 6 heteroatoms. The van der Waals surface area contributed by atoms with Gasteiger partial charge in [0, 0.05) is 6.54 Å². The average molecular weight is 336 g/mol. The van der Waals surface area contributed by atoms with E-state index in [-0.39, 0.29) is 11.8 Å². The van der Waals surface area contributed by atoms with Gasteiger partial charge in [-0.15, -0.1) is 0 Å². The van der Waals surface area contributed by atoms with Crippen LogP contribution in [0.2, 0.25) is 0 Å². The highest BCUT2D eigenvalue weighted by molar-refractivity contribution is 5.77. The molecule has 0 fully saturated rings. The third kappa shape index (κ3) is 2.85. The van der Waals surface area contributed by atoms with Crippen molar-refractivity contribution in [2.75, 3.05) is 0 Å². The Morgan fingerprint density at radius 2 is 1.80 bits per heavy atom. The van der Waals surface area contributed by atoms with E-state index >= 15 is 0 Å². The van der Waals surface area contributed by atoms with Gasteiger partial charge in [0.1, 0.15) is 5.82 Å². The third-order valence-corrected chi connectivity index (χ3v) is 4.49. The summed E-state index contributed by atoms with van der Waals surface area (Å²) in [5, 5.41) is 9.66. The molecule has 25 heavy (non-hydrogen) atoms. The minimum atomic E-state index is -0.384. The molecule has 0 saturated heterocycles. The van der Waals surface area contributed by atoms with Gasteiger partial charge >= 0.3 is 5.69 Å². The molecule has 0 aliphatic carbocycles. The van der Waals surface area contributed by atoms with Crippen LogP contribution in [0.3, 0.4) is 0 Å². The van der Waals surface area contributed by atoms with Gasteiger partial charge in [0.25, 0.3) is 0 Å². The maximum atomic E-state index is 12.4. The van der Waals surface area contributed by atoms with Gasteiger partial charge in [-0.1, -0.05) is 24.3 Å². The number of benzene rings is 2. The average Bonchev–Trinajstić information content (AvgIpc) is 3.11. The molecule has 4 rings (SSSR count). The fourth-order valence-corrected chi connectivity index (χ4v) is 3.22. The number of para-hydroxylation sites is 4. The Morgan fingerprint density at radius 1 is 1.08 bits per heavy atom. The quantitative estimate of drug-likeness (QED) is 0.588. The molecular formula is C19H20N4O2. The first-order valence-corrected chi connectivity index (χ1v) is 8.43. The van der Waals surface area contributed by atoms with Crippen LogP contribution in [-0.4, -0.2) is 30.3 Å². The van der Waals surface area contributed by atoms with E-state index in [0.29, 0.717) is 19.5 Å². The van der Waals surface area contributed by atoms with E-state index in [0.717, 1.165) is 27.9 Å². The van der Waals surface area contributed by atoms with Crippen molar-refractivity contribution in [3.63, 3.8) is 0 Å². The van der Waals surface area contributed by atoms with Crippen molar-refractivity contribution in [2.24, 2.45) is 0 Å². The fraction of sp³-hybridized carbons (Fsp3) is 0.263. The van der Waals surface area contributed by atoms with E-state index in [2.05, 4.69) is 9.55 Å². The highest BCUT2D eigenvalue weighted by atomic mass is 16.3. The lowest BCUT2D eigenvalue weighted by Gasteiger charge is -2.11. The third-order valence-electron chi connectivity index (χ3n) is 4.49. The van der Waals surface area contributed by atoms with Crippen LogP contribution in [0, 0.1) is 0 Å². The van der Waals surface area contributed by atoms with Crippen LogP contribution in [0.15, 0.2) is 53.3 Å². The highest BCUT2D eigenvalue weighted by Gasteiger charge is 2.14. The monoisotopic (exact) mass is 336 g/mol. The second kappa shape index (κ2) is 6.22. The molecule has 4 aromatic rings. The molecule has 2 aromatic heterocycles. The molecule has 0 aliphatic heterocycles. The first kappa shape index (κ1) is 15.7. The van der Waals surface area contributed by atoms with Gasteiger partial charge in [0.2, 0.25) is 0 Å². The zero-order valence-electron chi connectivity index (χ0n) is 14.0. The summed E-state index contributed by atoms with van der Waals surface area (Å²) >= 11 is 0. The van der Waals surface area contributed by atoms with E-state index in [1.54, 1.807) is 11.5 Å². The summed E-state index contributed by atoms with van der Waals surface area (Å²) in [6, 6.07) is 15.6. The van der Waals surface area contributed by atoms with Crippen LogP contribution >= 0.6 is 0 Å². The largest absolute Gasteiger partial charge is 0.393 e. The summed E-state index contributed by atoms with van der Waals surface area (Å²) in [5.41, 5.74) is 3.46. The molecule has 2 heterocycles. The van der Waals surface area contributed by atoms with Crippen molar-refractivity contribution in [1.29, 1.82) is 0 Å². The van der Waals surface area contributed by atoms with Crippen LogP contribution in [-0.2, 0) is 13.1 Å². The van der Waals surface area contributed by atoms with E-state index in [4.69, 9.17) is 4.98 Å². The summed E-state index contributed by atoms with van der Waals surface area (Å²) in [4.78, 5) is 20.0. The predicted molar refractivity (Wildman–Crippen MR) is 97.7 cm³/mol. The standard InChI is InChI=1S/C19H20N4O2/c1-13(24)10-11-22-16-8-4-2-6-14(16)20-18(22)12-23-17-9-5-3-7-15(17)21-19(23)25/h2-9,13,24H,10-12H2,1H3,(H,21,25). The van der Waals surface area contributed by atoms with E-state index in [9.17, 15) is 9.90 Å².